The maximum absolute atomic E-state index is 12.9. The number of likely N-dealkylation sites (tertiary alicyclic amines) is 1. The lowest BCUT2D eigenvalue weighted by Gasteiger charge is -2.32. The van der Waals surface area contributed by atoms with Gasteiger partial charge in [-0.2, -0.15) is 0 Å². The minimum absolute atomic E-state index is 0.0299. The van der Waals surface area contributed by atoms with Gasteiger partial charge in [-0.25, -0.2) is 4.98 Å². The molecule has 0 bridgehead atoms. The molecule has 3 aromatic rings. The maximum atomic E-state index is 12.9. The van der Waals surface area contributed by atoms with Crippen LogP contribution in [0.2, 0.25) is 0 Å². The van der Waals surface area contributed by atoms with Crippen molar-refractivity contribution < 1.29 is 9.59 Å². The monoisotopic (exact) mass is 348 g/mol. The Labute approximate surface area is 151 Å². The molecule has 26 heavy (non-hydrogen) atoms. The Morgan fingerprint density at radius 1 is 1.15 bits per heavy atom. The average molecular weight is 348 g/mol. The molecule has 0 aliphatic carbocycles. The summed E-state index contributed by atoms with van der Waals surface area (Å²) in [5.74, 6) is -0.264. The van der Waals surface area contributed by atoms with Crippen LogP contribution in [0.3, 0.4) is 0 Å². The van der Waals surface area contributed by atoms with Gasteiger partial charge in [0.1, 0.15) is 0 Å². The van der Waals surface area contributed by atoms with E-state index in [1.165, 1.54) is 0 Å². The fraction of sp³-hybridized carbons (Fsp3) is 0.250. The van der Waals surface area contributed by atoms with E-state index >= 15 is 0 Å². The third-order valence-electron chi connectivity index (χ3n) is 4.79. The number of hydrogen-bond donors (Lipinski definition) is 2. The summed E-state index contributed by atoms with van der Waals surface area (Å²) in [4.78, 5) is 34.4. The summed E-state index contributed by atoms with van der Waals surface area (Å²) in [6.45, 7) is 1.12. The second-order valence-corrected chi connectivity index (χ2v) is 6.58. The smallest absolute Gasteiger partial charge is 0.253 e. The van der Waals surface area contributed by atoms with Crippen LogP contribution in [0.15, 0.2) is 54.9 Å². The predicted octanol–water partition coefficient (Wildman–Crippen LogP) is 3.05. The van der Waals surface area contributed by atoms with Crippen LogP contribution in [0, 0.1) is 5.92 Å². The minimum atomic E-state index is -0.191. The van der Waals surface area contributed by atoms with Crippen LogP contribution >= 0.6 is 0 Å². The molecule has 1 fully saturated rings. The number of anilines is 1. The van der Waals surface area contributed by atoms with Crippen LogP contribution < -0.4 is 5.32 Å². The summed E-state index contributed by atoms with van der Waals surface area (Å²) in [6.07, 6.45) is 3.23. The van der Waals surface area contributed by atoms with E-state index in [9.17, 15) is 9.59 Å². The summed E-state index contributed by atoms with van der Waals surface area (Å²) in [5, 5.41) is 2.94. The first-order valence-electron chi connectivity index (χ1n) is 8.79. The number of H-pyrrole nitrogens is 1. The minimum Gasteiger partial charge on any atom is -0.345 e. The average Bonchev–Trinajstić information content (AvgIpc) is 3.16. The number of nitrogens with one attached hydrogen (secondary N) is 2. The van der Waals surface area contributed by atoms with Crippen molar-refractivity contribution in [2.45, 2.75) is 12.8 Å². The molecule has 0 spiro atoms. The first-order valence-corrected chi connectivity index (χ1v) is 8.79. The number of fused-ring (bicyclic) bond motifs is 1. The number of carbonyl (C=O) groups excluding carboxylic acids is 2. The Balaban J connectivity index is 1.45. The Hall–Kier alpha value is -3.15. The number of hydrogen-bond acceptors (Lipinski definition) is 3. The molecular weight excluding hydrogens is 328 g/mol. The molecule has 0 radical (unpaired) electrons. The first kappa shape index (κ1) is 16.3. The Kier molecular flexibility index (Phi) is 4.39. The van der Waals surface area contributed by atoms with Crippen molar-refractivity contribution in [3.8, 4) is 0 Å². The molecule has 1 aliphatic heterocycles. The number of amides is 2. The Morgan fingerprint density at radius 2 is 2.00 bits per heavy atom. The van der Waals surface area contributed by atoms with E-state index in [0.29, 0.717) is 18.7 Å². The van der Waals surface area contributed by atoms with Crippen LogP contribution in [0.5, 0.6) is 0 Å². The molecule has 2 amide bonds. The molecule has 132 valence electrons. The Bertz CT molecular complexity index is 935. The van der Waals surface area contributed by atoms with E-state index in [1.54, 1.807) is 17.3 Å². The van der Waals surface area contributed by atoms with Crippen LogP contribution in [0.25, 0.3) is 11.0 Å². The van der Waals surface area contributed by atoms with Gasteiger partial charge in [0.2, 0.25) is 5.91 Å². The van der Waals surface area contributed by atoms with Gasteiger partial charge in [-0.3, -0.25) is 9.59 Å². The fourth-order valence-electron chi connectivity index (χ4n) is 3.39. The molecule has 1 atom stereocenters. The highest BCUT2D eigenvalue weighted by atomic mass is 16.2. The molecule has 1 aromatic heterocycles. The second-order valence-electron chi connectivity index (χ2n) is 6.58. The first-order chi connectivity index (χ1) is 12.7. The molecule has 2 aromatic carbocycles. The number of imidazole rings is 1. The molecule has 6 heteroatoms. The largest absolute Gasteiger partial charge is 0.345 e. The lowest BCUT2D eigenvalue weighted by atomic mass is 9.96. The quantitative estimate of drug-likeness (QED) is 0.764. The Morgan fingerprint density at radius 3 is 2.85 bits per heavy atom. The maximum Gasteiger partial charge on any atom is 0.253 e. The van der Waals surface area contributed by atoms with E-state index < -0.39 is 0 Å². The standard InChI is InChI=1S/C20H20N4O2/c25-19(23-16-6-2-1-3-7-16)15-5-4-10-24(12-15)20(26)14-8-9-17-18(11-14)22-13-21-17/h1-3,6-9,11,13,15H,4-5,10,12H2,(H,21,22)(H,23,25)/t15-/m0/s1. The zero-order valence-electron chi connectivity index (χ0n) is 14.3. The number of rotatable bonds is 3. The molecule has 2 heterocycles. The zero-order chi connectivity index (χ0) is 17.9. The van der Waals surface area contributed by atoms with Crippen molar-refractivity contribution in [3.05, 3.63) is 60.4 Å². The lowest BCUT2D eigenvalue weighted by molar-refractivity contribution is -0.121. The number of carbonyl (C=O) groups is 2. The van der Waals surface area contributed by atoms with Gasteiger partial charge in [0.15, 0.2) is 0 Å². The molecule has 6 nitrogen and oxygen atoms in total. The van der Waals surface area contributed by atoms with E-state index in [4.69, 9.17) is 0 Å². The molecule has 0 saturated carbocycles. The molecule has 0 unspecified atom stereocenters. The second kappa shape index (κ2) is 7.00. The highest BCUT2D eigenvalue weighted by Crippen LogP contribution is 2.21. The van der Waals surface area contributed by atoms with Crippen LogP contribution in [0.4, 0.5) is 5.69 Å². The van der Waals surface area contributed by atoms with Gasteiger partial charge in [-0.1, -0.05) is 18.2 Å². The molecular formula is C20H20N4O2. The summed E-state index contributed by atoms with van der Waals surface area (Å²) < 4.78 is 0. The highest BCUT2D eigenvalue weighted by Gasteiger charge is 2.29. The summed E-state index contributed by atoms with van der Waals surface area (Å²) in [7, 11) is 0. The van der Waals surface area contributed by atoms with Gasteiger partial charge in [-0.05, 0) is 43.2 Å². The van der Waals surface area contributed by atoms with Gasteiger partial charge >= 0.3 is 0 Å². The number of benzene rings is 2. The molecule has 1 saturated heterocycles. The van der Waals surface area contributed by atoms with Gasteiger partial charge in [-0.15, -0.1) is 0 Å². The zero-order valence-corrected chi connectivity index (χ0v) is 14.3. The van der Waals surface area contributed by atoms with Crippen molar-refractivity contribution in [1.29, 1.82) is 0 Å². The van der Waals surface area contributed by atoms with Gasteiger partial charge in [0, 0.05) is 24.3 Å². The lowest BCUT2D eigenvalue weighted by Crippen LogP contribution is -2.43. The number of nitrogens with zero attached hydrogens (tertiary/aromatic N) is 2. The highest BCUT2D eigenvalue weighted by molar-refractivity contribution is 5.98. The molecule has 4 rings (SSSR count). The number of piperidine rings is 1. The third kappa shape index (κ3) is 3.31. The van der Waals surface area contributed by atoms with Crippen LogP contribution in [-0.2, 0) is 4.79 Å². The van der Waals surface area contributed by atoms with E-state index in [2.05, 4.69) is 15.3 Å². The van der Waals surface area contributed by atoms with Crippen molar-refractivity contribution in [2.75, 3.05) is 18.4 Å². The van der Waals surface area contributed by atoms with Crippen molar-refractivity contribution in [2.24, 2.45) is 5.92 Å². The summed E-state index contributed by atoms with van der Waals surface area (Å²) in [6, 6.07) is 14.9. The SMILES string of the molecule is O=C(Nc1ccccc1)[C@H]1CCCN(C(=O)c2ccc3nc[nH]c3c2)C1. The number of para-hydroxylation sites is 1. The van der Waals surface area contributed by atoms with Crippen molar-refractivity contribution >= 4 is 28.5 Å². The topological polar surface area (TPSA) is 78.1 Å². The van der Waals surface area contributed by atoms with Gasteiger partial charge in [0.05, 0.1) is 23.3 Å². The molecule has 1 aliphatic rings. The van der Waals surface area contributed by atoms with Gasteiger partial charge in [0.25, 0.3) is 5.91 Å². The third-order valence-corrected chi connectivity index (χ3v) is 4.79. The molecule has 2 N–H and O–H groups in total. The van der Waals surface area contributed by atoms with Crippen molar-refractivity contribution in [1.82, 2.24) is 14.9 Å². The van der Waals surface area contributed by atoms with E-state index in [1.807, 2.05) is 42.5 Å². The van der Waals surface area contributed by atoms with Crippen LogP contribution in [0.1, 0.15) is 23.2 Å². The summed E-state index contributed by atoms with van der Waals surface area (Å²) >= 11 is 0. The van der Waals surface area contributed by atoms with Crippen LogP contribution in [-0.4, -0.2) is 39.8 Å². The van der Waals surface area contributed by atoms with Crippen molar-refractivity contribution in [3.63, 3.8) is 0 Å². The number of aromatic nitrogens is 2. The number of aromatic amines is 1. The van der Waals surface area contributed by atoms with E-state index in [0.717, 1.165) is 29.6 Å². The van der Waals surface area contributed by atoms with Gasteiger partial charge < -0.3 is 15.2 Å². The van der Waals surface area contributed by atoms with E-state index in [-0.39, 0.29) is 17.7 Å². The summed E-state index contributed by atoms with van der Waals surface area (Å²) in [5.41, 5.74) is 3.07. The predicted molar refractivity (Wildman–Crippen MR) is 99.8 cm³/mol. The normalized spacial score (nSPS) is 17.2. The fourth-order valence-corrected chi connectivity index (χ4v) is 3.39.